The Kier molecular flexibility index (Phi) is 3.66. The van der Waals surface area contributed by atoms with E-state index in [-0.39, 0.29) is 5.82 Å². The molecule has 0 amide bonds. The number of hydrogen-bond acceptors (Lipinski definition) is 1. The molecule has 0 saturated carbocycles. The Balaban J connectivity index is 1.82. The fourth-order valence-electron chi connectivity index (χ4n) is 2.27. The number of benzene rings is 2. The molecule has 0 radical (unpaired) electrons. The van der Waals surface area contributed by atoms with E-state index >= 15 is 0 Å². The average Bonchev–Trinajstić information content (AvgIpc) is 2.88. The van der Waals surface area contributed by atoms with Gasteiger partial charge in [-0.15, -0.1) is 11.3 Å². The lowest BCUT2D eigenvalue weighted by molar-refractivity contribution is 0.628. The van der Waals surface area contributed by atoms with Gasteiger partial charge in [-0.3, -0.25) is 0 Å². The van der Waals surface area contributed by atoms with Gasteiger partial charge in [0.1, 0.15) is 5.82 Å². The first-order valence-corrected chi connectivity index (χ1v) is 7.42. The Hall–Kier alpha value is -1.93. The summed E-state index contributed by atoms with van der Waals surface area (Å²) in [5.41, 5.74) is 3.70. The molecule has 0 saturated heterocycles. The van der Waals surface area contributed by atoms with E-state index in [2.05, 4.69) is 43.3 Å². The highest BCUT2D eigenvalue weighted by Crippen LogP contribution is 2.29. The van der Waals surface area contributed by atoms with E-state index < -0.39 is 0 Å². The van der Waals surface area contributed by atoms with E-state index in [1.165, 1.54) is 33.0 Å². The molecule has 0 aliphatic carbocycles. The highest BCUT2D eigenvalue weighted by Gasteiger charge is 2.04. The lowest BCUT2D eigenvalue weighted by atomic mass is 10.1. The maximum absolute atomic E-state index is 12.9. The largest absolute Gasteiger partial charge is 0.207 e. The van der Waals surface area contributed by atoms with E-state index in [1.807, 2.05) is 12.1 Å². The Labute approximate surface area is 122 Å². The summed E-state index contributed by atoms with van der Waals surface area (Å²) in [6.07, 6.45) is 0.952. The molecule has 0 fully saturated rings. The van der Waals surface area contributed by atoms with Crippen LogP contribution in [0.4, 0.5) is 4.39 Å². The maximum atomic E-state index is 12.9. The number of halogens is 1. The van der Waals surface area contributed by atoms with E-state index in [1.54, 1.807) is 11.3 Å². The molecule has 100 valence electrons. The average molecular weight is 282 g/mol. The van der Waals surface area contributed by atoms with Gasteiger partial charge in [-0.05, 0) is 42.3 Å². The summed E-state index contributed by atoms with van der Waals surface area (Å²) in [7, 11) is 0. The summed E-state index contributed by atoms with van der Waals surface area (Å²) in [4.78, 5) is 2.52. The van der Waals surface area contributed by atoms with Gasteiger partial charge in [-0.1, -0.05) is 42.0 Å². The summed E-state index contributed by atoms with van der Waals surface area (Å²) in [6.45, 7) is 2.11. The molecule has 0 bridgehead atoms. The third kappa shape index (κ3) is 2.97. The van der Waals surface area contributed by atoms with Crippen molar-refractivity contribution in [3.05, 3.63) is 82.5 Å². The van der Waals surface area contributed by atoms with Crippen LogP contribution in [-0.4, -0.2) is 0 Å². The van der Waals surface area contributed by atoms with Crippen molar-refractivity contribution in [3.63, 3.8) is 0 Å². The first-order valence-electron chi connectivity index (χ1n) is 6.61. The van der Waals surface area contributed by atoms with Gasteiger partial charge in [0.05, 0.1) is 0 Å². The van der Waals surface area contributed by atoms with Gasteiger partial charge in [-0.2, -0.15) is 0 Å². The monoisotopic (exact) mass is 282 g/mol. The van der Waals surface area contributed by atoms with Crippen LogP contribution in [0.25, 0.3) is 10.4 Å². The maximum Gasteiger partial charge on any atom is 0.123 e. The van der Waals surface area contributed by atoms with E-state index in [9.17, 15) is 4.39 Å². The van der Waals surface area contributed by atoms with E-state index in [0.29, 0.717) is 0 Å². The van der Waals surface area contributed by atoms with Crippen molar-refractivity contribution in [2.24, 2.45) is 0 Å². The predicted molar refractivity (Wildman–Crippen MR) is 83.7 cm³/mol. The van der Waals surface area contributed by atoms with E-state index in [0.717, 1.165) is 12.0 Å². The number of rotatable bonds is 3. The topological polar surface area (TPSA) is 0 Å². The first kappa shape index (κ1) is 13.1. The molecule has 1 heterocycles. The Morgan fingerprint density at radius 2 is 1.75 bits per heavy atom. The molecule has 3 aromatic rings. The van der Waals surface area contributed by atoms with Crippen LogP contribution in [0, 0.1) is 12.7 Å². The minimum atomic E-state index is -0.190. The van der Waals surface area contributed by atoms with Crippen LogP contribution in [0.3, 0.4) is 0 Å². The minimum Gasteiger partial charge on any atom is -0.207 e. The molecule has 0 unspecified atom stereocenters. The first-order chi connectivity index (χ1) is 9.70. The Morgan fingerprint density at radius 3 is 2.50 bits per heavy atom. The standard InChI is InChI=1S/C18H15FS/c1-13-3-2-4-14(11-13)12-17-9-10-18(20-17)15-5-7-16(19)8-6-15/h2-11H,12H2,1H3. The summed E-state index contributed by atoms with van der Waals surface area (Å²) in [5.74, 6) is -0.190. The highest BCUT2D eigenvalue weighted by atomic mass is 32.1. The second-order valence-electron chi connectivity index (χ2n) is 4.94. The molecule has 0 spiro atoms. The summed E-state index contributed by atoms with van der Waals surface area (Å²) in [6, 6.07) is 19.5. The van der Waals surface area contributed by atoms with Gasteiger partial charge in [0.15, 0.2) is 0 Å². The zero-order valence-electron chi connectivity index (χ0n) is 11.3. The van der Waals surface area contributed by atoms with Crippen molar-refractivity contribution in [2.45, 2.75) is 13.3 Å². The molecule has 0 N–H and O–H groups in total. The van der Waals surface area contributed by atoms with Crippen LogP contribution in [0.5, 0.6) is 0 Å². The predicted octanol–water partition coefficient (Wildman–Crippen LogP) is 5.45. The van der Waals surface area contributed by atoms with Crippen LogP contribution in [-0.2, 0) is 6.42 Å². The van der Waals surface area contributed by atoms with Crippen molar-refractivity contribution in [1.82, 2.24) is 0 Å². The lowest BCUT2D eigenvalue weighted by Crippen LogP contribution is -1.84. The molecule has 2 aromatic carbocycles. The Morgan fingerprint density at radius 1 is 0.950 bits per heavy atom. The zero-order chi connectivity index (χ0) is 13.9. The number of aryl methyl sites for hydroxylation is 1. The molecule has 2 heteroatoms. The quantitative estimate of drug-likeness (QED) is 0.599. The second-order valence-corrected chi connectivity index (χ2v) is 6.11. The van der Waals surface area contributed by atoms with E-state index in [4.69, 9.17) is 0 Å². The molecule has 20 heavy (non-hydrogen) atoms. The van der Waals surface area contributed by atoms with Gasteiger partial charge in [-0.25, -0.2) is 4.39 Å². The zero-order valence-corrected chi connectivity index (χ0v) is 12.1. The molecule has 1 aromatic heterocycles. The van der Waals surface area contributed by atoms with Gasteiger partial charge in [0.2, 0.25) is 0 Å². The van der Waals surface area contributed by atoms with Crippen molar-refractivity contribution in [2.75, 3.05) is 0 Å². The molecular formula is C18H15FS. The van der Waals surface area contributed by atoms with Crippen LogP contribution < -0.4 is 0 Å². The highest BCUT2D eigenvalue weighted by molar-refractivity contribution is 7.15. The fourth-order valence-corrected chi connectivity index (χ4v) is 3.31. The minimum absolute atomic E-state index is 0.190. The van der Waals surface area contributed by atoms with Crippen molar-refractivity contribution >= 4 is 11.3 Å². The normalized spacial score (nSPS) is 10.7. The summed E-state index contributed by atoms with van der Waals surface area (Å²) in [5, 5.41) is 0. The Bertz CT molecular complexity index is 710. The smallest absolute Gasteiger partial charge is 0.123 e. The van der Waals surface area contributed by atoms with Crippen molar-refractivity contribution < 1.29 is 4.39 Å². The second kappa shape index (κ2) is 5.59. The molecular weight excluding hydrogens is 267 g/mol. The van der Waals surface area contributed by atoms with Gasteiger partial charge in [0.25, 0.3) is 0 Å². The van der Waals surface area contributed by atoms with Crippen molar-refractivity contribution in [1.29, 1.82) is 0 Å². The van der Waals surface area contributed by atoms with Crippen LogP contribution in [0.2, 0.25) is 0 Å². The molecule has 0 aliphatic heterocycles. The van der Waals surface area contributed by atoms with Gasteiger partial charge < -0.3 is 0 Å². The number of thiophene rings is 1. The third-order valence-corrected chi connectivity index (χ3v) is 4.39. The summed E-state index contributed by atoms with van der Waals surface area (Å²) < 4.78 is 12.9. The lowest BCUT2D eigenvalue weighted by Gasteiger charge is -2.00. The number of hydrogen-bond donors (Lipinski definition) is 0. The van der Waals surface area contributed by atoms with Gasteiger partial charge >= 0.3 is 0 Å². The molecule has 3 rings (SSSR count). The summed E-state index contributed by atoms with van der Waals surface area (Å²) >= 11 is 1.77. The molecule has 0 nitrogen and oxygen atoms in total. The molecule has 0 atom stereocenters. The van der Waals surface area contributed by atoms with Crippen LogP contribution in [0.15, 0.2) is 60.7 Å². The molecule has 0 aliphatic rings. The third-order valence-electron chi connectivity index (χ3n) is 3.25. The van der Waals surface area contributed by atoms with Gasteiger partial charge in [0, 0.05) is 16.2 Å². The fraction of sp³-hybridized carbons (Fsp3) is 0.111. The SMILES string of the molecule is Cc1cccc(Cc2ccc(-c3ccc(F)cc3)s2)c1. The van der Waals surface area contributed by atoms with Crippen molar-refractivity contribution in [3.8, 4) is 10.4 Å². The van der Waals surface area contributed by atoms with Crippen LogP contribution in [0.1, 0.15) is 16.0 Å². The van der Waals surface area contributed by atoms with Crippen LogP contribution >= 0.6 is 11.3 Å².